The molecule has 1 saturated heterocycles. The van der Waals surface area contributed by atoms with Gasteiger partial charge in [-0.05, 0) is 24.8 Å². The second-order valence-electron chi connectivity index (χ2n) is 4.73. The molecular weight excluding hydrogens is 232 g/mol. The fraction of sp³-hybridized carbons (Fsp3) is 0.583. The van der Waals surface area contributed by atoms with Crippen LogP contribution in [-0.2, 0) is 0 Å². The largest absolute Gasteiger partial charge is 0.384 e. The van der Waals surface area contributed by atoms with Gasteiger partial charge in [-0.25, -0.2) is 4.98 Å². The van der Waals surface area contributed by atoms with Crippen LogP contribution in [0.15, 0.2) is 12.1 Å². The maximum atomic E-state index is 11.0. The number of nitrogen functional groups attached to an aromatic ring is 1. The lowest BCUT2D eigenvalue weighted by Crippen LogP contribution is -2.22. The van der Waals surface area contributed by atoms with E-state index in [4.69, 9.17) is 5.73 Å². The van der Waals surface area contributed by atoms with Gasteiger partial charge in [0.15, 0.2) is 0 Å². The highest BCUT2D eigenvalue weighted by Gasteiger charge is 2.28. The summed E-state index contributed by atoms with van der Waals surface area (Å²) in [6.07, 6.45) is 3.37. The van der Waals surface area contributed by atoms with Crippen molar-refractivity contribution in [1.82, 2.24) is 4.98 Å². The Hall–Kier alpha value is -1.85. The third-order valence-corrected chi connectivity index (χ3v) is 3.36. The van der Waals surface area contributed by atoms with E-state index in [2.05, 4.69) is 11.9 Å². The summed E-state index contributed by atoms with van der Waals surface area (Å²) in [7, 11) is 0. The topological polar surface area (TPSA) is 85.3 Å². The molecule has 0 radical (unpaired) electrons. The minimum atomic E-state index is -0.394. The van der Waals surface area contributed by atoms with Crippen LogP contribution in [0.4, 0.5) is 17.3 Å². The van der Waals surface area contributed by atoms with Gasteiger partial charge >= 0.3 is 5.69 Å². The first kappa shape index (κ1) is 12.6. The summed E-state index contributed by atoms with van der Waals surface area (Å²) in [4.78, 5) is 16.7. The van der Waals surface area contributed by atoms with Crippen LogP contribution in [0.5, 0.6) is 0 Å². The number of nitrogens with zero attached hydrogens (tertiary/aromatic N) is 3. The fourth-order valence-electron chi connectivity index (χ4n) is 2.50. The molecule has 1 aliphatic rings. The lowest BCUT2D eigenvalue weighted by atomic mass is 10.0. The van der Waals surface area contributed by atoms with Crippen molar-refractivity contribution in [3.8, 4) is 0 Å². The van der Waals surface area contributed by atoms with E-state index in [0.717, 1.165) is 32.4 Å². The summed E-state index contributed by atoms with van der Waals surface area (Å²) in [5.41, 5.74) is 5.67. The molecule has 0 aliphatic carbocycles. The Morgan fingerprint density at radius 2 is 2.39 bits per heavy atom. The Kier molecular flexibility index (Phi) is 3.64. The number of pyridine rings is 1. The molecule has 0 aromatic carbocycles. The van der Waals surface area contributed by atoms with Gasteiger partial charge < -0.3 is 10.6 Å². The van der Waals surface area contributed by atoms with Gasteiger partial charge in [0.05, 0.1) is 4.92 Å². The highest BCUT2D eigenvalue weighted by atomic mass is 16.6. The van der Waals surface area contributed by atoms with Crippen molar-refractivity contribution in [1.29, 1.82) is 0 Å². The molecule has 98 valence electrons. The molecule has 6 heteroatoms. The number of rotatable bonds is 4. The van der Waals surface area contributed by atoms with Gasteiger partial charge in [-0.1, -0.05) is 13.3 Å². The second-order valence-corrected chi connectivity index (χ2v) is 4.73. The monoisotopic (exact) mass is 250 g/mol. The number of hydrogen-bond donors (Lipinski definition) is 1. The Balaban J connectivity index is 2.23. The normalized spacial score (nSPS) is 19.2. The minimum Gasteiger partial charge on any atom is -0.384 e. The van der Waals surface area contributed by atoms with Crippen molar-refractivity contribution in [3.05, 3.63) is 22.2 Å². The molecule has 0 bridgehead atoms. The molecule has 1 atom stereocenters. The van der Waals surface area contributed by atoms with Crippen LogP contribution in [0.1, 0.15) is 26.2 Å². The molecule has 0 spiro atoms. The molecule has 1 aliphatic heterocycles. The maximum Gasteiger partial charge on any atom is 0.311 e. The molecular formula is C12H18N4O2. The Bertz CT molecular complexity index is 450. The van der Waals surface area contributed by atoms with Gasteiger partial charge in [0.2, 0.25) is 5.82 Å². The first-order valence-corrected chi connectivity index (χ1v) is 6.27. The smallest absolute Gasteiger partial charge is 0.311 e. The molecule has 2 rings (SSSR count). The maximum absolute atomic E-state index is 11.0. The first-order chi connectivity index (χ1) is 8.61. The van der Waals surface area contributed by atoms with Gasteiger partial charge in [0, 0.05) is 19.2 Å². The molecule has 1 aromatic heterocycles. The Morgan fingerprint density at radius 1 is 1.61 bits per heavy atom. The van der Waals surface area contributed by atoms with Gasteiger partial charge in [0.1, 0.15) is 5.82 Å². The summed E-state index contributed by atoms with van der Waals surface area (Å²) in [5.74, 6) is 1.35. The van der Waals surface area contributed by atoms with Gasteiger partial charge in [-0.15, -0.1) is 0 Å². The van der Waals surface area contributed by atoms with Crippen LogP contribution in [0, 0.1) is 16.0 Å². The third kappa shape index (κ3) is 2.52. The van der Waals surface area contributed by atoms with Gasteiger partial charge in [-0.3, -0.25) is 10.1 Å². The van der Waals surface area contributed by atoms with E-state index in [1.807, 2.05) is 4.90 Å². The zero-order valence-electron chi connectivity index (χ0n) is 10.5. The van der Waals surface area contributed by atoms with Crippen LogP contribution >= 0.6 is 0 Å². The van der Waals surface area contributed by atoms with Crippen LogP contribution in [-0.4, -0.2) is 23.0 Å². The number of anilines is 2. The summed E-state index contributed by atoms with van der Waals surface area (Å²) in [6.45, 7) is 3.82. The fourth-order valence-corrected chi connectivity index (χ4v) is 2.50. The SMILES string of the molecule is CCCC1CCN(c2nc(N)ccc2[N+](=O)[O-])C1. The van der Waals surface area contributed by atoms with E-state index in [9.17, 15) is 10.1 Å². The molecule has 1 unspecified atom stereocenters. The van der Waals surface area contributed by atoms with Crippen LogP contribution in [0.25, 0.3) is 0 Å². The highest BCUT2D eigenvalue weighted by molar-refractivity contribution is 5.61. The summed E-state index contributed by atoms with van der Waals surface area (Å²) in [6, 6.07) is 2.91. The van der Waals surface area contributed by atoms with Crippen molar-refractivity contribution in [2.45, 2.75) is 26.2 Å². The van der Waals surface area contributed by atoms with Crippen LogP contribution in [0.3, 0.4) is 0 Å². The summed E-state index contributed by atoms with van der Waals surface area (Å²) >= 11 is 0. The van der Waals surface area contributed by atoms with Crippen molar-refractivity contribution >= 4 is 17.3 Å². The van der Waals surface area contributed by atoms with E-state index >= 15 is 0 Å². The van der Waals surface area contributed by atoms with Crippen molar-refractivity contribution in [2.24, 2.45) is 5.92 Å². The Labute approximate surface area is 106 Å². The quantitative estimate of drug-likeness (QED) is 0.654. The molecule has 1 fully saturated rings. The average molecular weight is 250 g/mol. The predicted octanol–water partition coefficient (Wildman–Crippen LogP) is 2.20. The van der Waals surface area contributed by atoms with E-state index in [0.29, 0.717) is 17.6 Å². The lowest BCUT2D eigenvalue weighted by molar-refractivity contribution is -0.384. The van der Waals surface area contributed by atoms with E-state index in [1.165, 1.54) is 12.1 Å². The third-order valence-electron chi connectivity index (χ3n) is 3.36. The van der Waals surface area contributed by atoms with E-state index in [1.54, 1.807) is 0 Å². The van der Waals surface area contributed by atoms with E-state index < -0.39 is 4.92 Å². The Morgan fingerprint density at radius 3 is 3.06 bits per heavy atom. The predicted molar refractivity (Wildman–Crippen MR) is 70.5 cm³/mol. The standard InChI is InChI=1S/C12H18N4O2/c1-2-3-9-6-7-15(8-9)12-10(16(17)18)4-5-11(13)14-12/h4-5,9H,2-3,6-8H2,1H3,(H2,13,14). The number of nitro groups is 1. The van der Waals surface area contributed by atoms with Crippen LogP contribution in [0.2, 0.25) is 0 Å². The molecule has 0 saturated carbocycles. The van der Waals surface area contributed by atoms with Crippen molar-refractivity contribution in [3.63, 3.8) is 0 Å². The van der Waals surface area contributed by atoms with Crippen molar-refractivity contribution < 1.29 is 4.92 Å². The molecule has 2 N–H and O–H groups in total. The van der Waals surface area contributed by atoms with Gasteiger partial charge in [-0.2, -0.15) is 0 Å². The van der Waals surface area contributed by atoms with Crippen LogP contribution < -0.4 is 10.6 Å². The van der Waals surface area contributed by atoms with E-state index in [-0.39, 0.29) is 5.69 Å². The first-order valence-electron chi connectivity index (χ1n) is 6.27. The zero-order chi connectivity index (χ0) is 13.1. The van der Waals surface area contributed by atoms with Crippen molar-refractivity contribution in [2.75, 3.05) is 23.7 Å². The highest BCUT2D eigenvalue weighted by Crippen LogP contribution is 2.32. The second kappa shape index (κ2) is 5.20. The summed E-state index contributed by atoms with van der Waals surface area (Å²) < 4.78 is 0. The molecule has 0 amide bonds. The van der Waals surface area contributed by atoms with Gasteiger partial charge in [0.25, 0.3) is 0 Å². The minimum absolute atomic E-state index is 0.0429. The molecule has 18 heavy (non-hydrogen) atoms. The number of hydrogen-bond acceptors (Lipinski definition) is 5. The summed E-state index contributed by atoms with van der Waals surface area (Å²) in [5, 5.41) is 11.0. The lowest BCUT2D eigenvalue weighted by Gasteiger charge is -2.17. The molecule has 2 heterocycles. The number of aromatic nitrogens is 1. The number of nitrogens with two attached hydrogens (primary N) is 1. The average Bonchev–Trinajstić information content (AvgIpc) is 2.77. The molecule has 1 aromatic rings. The zero-order valence-corrected chi connectivity index (χ0v) is 10.5. The molecule has 6 nitrogen and oxygen atoms in total.